The van der Waals surface area contributed by atoms with Gasteiger partial charge >= 0.3 is 12.2 Å². The molecule has 2 aliphatic rings. The zero-order valence-corrected chi connectivity index (χ0v) is 20.3. The number of anilines is 2. The fourth-order valence-corrected chi connectivity index (χ4v) is 4.98. The summed E-state index contributed by atoms with van der Waals surface area (Å²) < 4.78 is 34.3. The van der Waals surface area contributed by atoms with Crippen LogP contribution in [0.2, 0.25) is 0 Å². The molecule has 2 aromatic carbocycles. The first-order valence-corrected chi connectivity index (χ1v) is 13.1. The number of methoxy groups -OCH3 is 1. The van der Waals surface area contributed by atoms with Crippen LogP contribution < -0.4 is 15.1 Å². The highest BCUT2D eigenvalue weighted by Crippen LogP contribution is 2.39. The van der Waals surface area contributed by atoms with Gasteiger partial charge in [0.05, 0.1) is 36.0 Å². The van der Waals surface area contributed by atoms with Crippen LogP contribution in [-0.4, -0.2) is 59.3 Å². The lowest BCUT2D eigenvalue weighted by Crippen LogP contribution is -2.53. The van der Waals surface area contributed by atoms with E-state index in [1.165, 1.54) is 12.0 Å². The van der Waals surface area contributed by atoms with Crippen molar-refractivity contribution in [3.8, 4) is 11.1 Å². The monoisotopic (exact) mass is 487 g/mol. The third-order valence-corrected chi connectivity index (χ3v) is 7.26. The number of rotatable bonds is 3. The second-order valence-electron chi connectivity index (χ2n) is 8.62. The highest BCUT2D eigenvalue weighted by Gasteiger charge is 2.37. The Morgan fingerprint density at radius 3 is 2.32 bits per heavy atom. The average Bonchev–Trinajstić information content (AvgIpc) is 2.83. The summed E-state index contributed by atoms with van der Waals surface area (Å²) in [7, 11) is -1.99. The number of hydrogen-bond acceptors (Lipinski definition) is 7. The van der Waals surface area contributed by atoms with Crippen molar-refractivity contribution in [3.63, 3.8) is 0 Å². The van der Waals surface area contributed by atoms with Crippen LogP contribution in [0.5, 0.6) is 0 Å². The molecule has 1 fully saturated rings. The van der Waals surface area contributed by atoms with E-state index in [9.17, 15) is 18.0 Å². The van der Waals surface area contributed by atoms with Gasteiger partial charge in [0.2, 0.25) is 0 Å². The van der Waals surface area contributed by atoms with Gasteiger partial charge in [-0.25, -0.2) is 18.0 Å². The van der Waals surface area contributed by atoms with E-state index in [2.05, 4.69) is 5.32 Å². The highest BCUT2D eigenvalue weighted by molar-refractivity contribution is 7.90. The summed E-state index contributed by atoms with van der Waals surface area (Å²) in [5.74, 6) is 0. The van der Waals surface area contributed by atoms with Gasteiger partial charge in [-0.3, -0.25) is 15.1 Å². The third-order valence-electron chi connectivity index (χ3n) is 6.13. The van der Waals surface area contributed by atoms with E-state index in [1.54, 1.807) is 35.2 Å². The third kappa shape index (κ3) is 4.88. The van der Waals surface area contributed by atoms with E-state index in [1.807, 2.05) is 19.1 Å². The molecule has 0 saturated carbocycles. The molecule has 2 aliphatic heterocycles. The van der Waals surface area contributed by atoms with Gasteiger partial charge in [0, 0.05) is 6.26 Å². The van der Waals surface area contributed by atoms with E-state index in [0.29, 0.717) is 11.4 Å². The molecule has 0 bridgehead atoms. The van der Waals surface area contributed by atoms with Crippen LogP contribution in [0.25, 0.3) is 11.1 Å². The summed E-state index contributed by atoms with van der Waals surface area (Å²) in [6, 6.07) is 11.6. The van der Waals surface area contributed by atoms with E-state index in [-0.39, 0.29) is 23.7 Å². The Balaban J connectivity index is 1.71. The Labute approximate surface area is 199 Å². The molecule has 2 aromatic rings. The molecule has 1 saturated heterocycles. The number of sulfone groups is 1. The fourth-order valence-electron chi connectivity index (χ4n) is 4.35. The van der Waals surface area contributed by atoms with E-state index < -0.39 is 22.0 Å². The maximum absolute atomic E-state index is 13.2. The molecule has 2 heterocycles. The van der Waals surface area contributed by atoms with Gasteiger partial charge in [-0.2, -0.15) is 0 Å². The Hall–Kier alpha value is -3.11. The molecule has 1 unspecified atom stereocenters. The first-order valence-electron chi connectivity index (χ1n) is 11.2. The minimum Gasteiger partial charge on any atom is -0.452 e. The average molecular weight is 488 g/mol. The Morgan fingerprint density at radius 2 is 1.71 bits per heavy atom. The van der Waals surface area contributed by atoms with E-state index in [4.69, 9.17) is 9.47 Å². The summed E-state index contributed by atoms with van der Waals surface area (Å²) in [6.07, 6.45) is 2.61. The summed E-state index contributed by atoms with van der Waals surface area (Å²) in [5.41, 5.74) is 2.61. The number of hydrogen-bond donors (Lipinski definition) is 1. The molecule has 0 radical (unpaired) electrons. The number of benzene rings is 2. The number of carbonyl (C=O) groups is 2. The molecule has 1 N–H and O–H groups in total. The normalized spacial score (nSPS) is 20.4. The molecule has 0 aromatic heterocycles. The van der Waals surface area contributed by atoms with Gasteiger partial charge < -0.3 is 9.47 Å². The molecular formula is C24H29N3O6S. The Kier molecular flexibility index (Phi) is 6.81. The summed E-state index contributed by atoms with van der Waals surface area (Å²) >= 11 is 0. The van der Waals surface area contributed by atoms with Crippen LogP contribution >= 0.6 is 0 Å². The van der Waals surface area contributed by atoms with Gasteiger partial charge in [-0.1, -0.05) is 18.2 Å². The zero-order chi connectivity index (χ0) is 24.5. The maximum atomic E-state index is 13.2. The topological polar surface area (TPSA) is 105 Å². The van der Waals surface area contributed by atoms with Gasteiger partial charge in [0.1, 0.15) is 0 Å². The first kappa shape index (κ1) is 24.0. The molecule has 2 atom stereocenters. The number of piperidine rings is 1. The van der Waals surface area contributed by atoms with Crippen molar-refractivity contribution in [2.45, 2.75) is 43.4 Å². The molecule has 34 heavy (non-hydrogen) atoms. The number of amides is 2. The van der Waals surface area contributed by atoms with Crippen molar-refractivity contribution < 1.29 is 27.5 Å². The Bertz CT molecular complexity index is 1180. The van der Waals surface area contributed by atoms with Crippen LogP contribution in [-0.2, 0) is 19.3 Å². The molecule has 9 nitrogen and oxygen atoms in total. The van der Waals surface area contributed by atoms with Crippen LogP contribution in [0.1, 0.15) is 26.2 Å². The van der Waals surface area contributed by atoms with Crippen LogP contribution in [0.15, 0.2) is 47.4 Å². The molecule has 4 rings (SSSR count). The smallest absolute Gasteiger partial charge is 0.416 e. The van der Waals surface area contributed by atoms with Crippen molar-refractivity contribution in [2.24, 2.45) is 0 Å². The minimum absolute atomic E-state index is 0.227. The molecule has 182 valence electrons. The first-order chi connectivity index (χ1) is 16.2. The second kappa shape index (κ2) is 9.63. The van der Waals surface area contributed by atoms with Crippen LogP contribution in [0.3, 0.4) is 0 Å². The largest absolute Gasteiger partial charge is 0.452 e. The fraction of sp³-hybridized carbons (Fsp3) is 0.417. The van der Waals surface area contributed by atoms with Crippen molar-refractivity contribution in [1.82, 2.24) is 5.32 Å². The quantitative estimate of drug-likeness (QED) is 0.702. The highest BCUT2D eigenvalue weighted by atomic mass is 32.2. The zero-order valence-electron chi connectivity index (χ0n) is 19.5. The SMILES string of the molecule is COC(=O)N1c2ccc(-c3ccc(S(C)(=O)=O)cc3)cc2N(C(=O)OC2CCCCN2)C[C@@H]1C. The number of fused-ring (bicyclic) bond motifs is 1. The summed E-state index contributed by atoms with van der Waals surface area (Å²) in [5, 5.41) is 3.21. The standard InChI is InChI=1S/C24H29N3O6S/c1-16-15-26(23(28)33-22-6-4-5-13-25-22)21-14-18(9-12-20(21)27(16)24(29)32-2)17-7-10-19(11-8-17)34(3,30)31/h7-12,14,16,22,25H,4-6,13,15H2,1-3H3/t16-,22?/m0/s1. The summed E-state index contributed by atoms with van der Waals surface area (Å²) in [4.78, 5) is 29.0. The van der Waals surface area contributed by atoms with Gasteiger partial charge in [-0.15, -0.1) is 0 Å². The van der Waals surface area contributed by atoms with Gasteiger partial charge in [0.25, 0.3) is 0 Å². The van der Waals surface area contributed by atoms with Crippen LogP contribution in [0.4, 0.5) is 21.0 Å². The summed E-state index contributed by atoms with van der Waals surface area (Å²) in [6.45, 7) is 2.88. The second-order valence-corrected chi connectivity index (χ2v) is 10.6. The number of nitrogens with one attached hydrogen (secondary N) is 1. The molecule has 2 amide bonds. The van der Waals surface area contributed by atoms with Crippen LogP contribution in [0, 0.1) is 0 Å². The van der Waals surface area contributed by atoms with Crippen molar-refractivity contribution >= 4 is 33.4 Å². The van der Waals surface area contributed by atoms with Crippen molar-refractivity contribution in [3.05, 3.63) is 42.5 Å². The lowest BCUT2D eigenvalue weighted by molar-refractivity contribution is 0.0659. The number of nitrogens with zero attached hydrogens (tertiary/aromatic N) is 2. The lowest BCUT2D eigenvalue weighted by Gasteiger charge is -2.40. The predicted molar refractivity (Wildman–Crippen MR) is 129 cm³/mol. The maximum Gasteiger partial charge on any atom is 0.416 e. The predicted octanol–water partition coefficient (Wildman–Crippen LogP) is 3.77. The van der Waals surface area contributed by atoms with Crippen molar-refractivity contribution in [2.75, 3.05) is 36.3 Å². The number of carbonyl (C=O) groups excluding carboxylic acids is 2. The molecule has 10 heteroatoms. The van der Waals surface area contributed by atoms with Gasteiger partial charge in [0.15, 0.2) is 16.1 Å². The lowest BCUT2D eigenvalue weighted by atomic mass is 10.0. The van der Waals surface area contributed by atoms with E-state index in [0.717, 1.165) is 43.2 Å². The van der Waals surface area contributed by atoms with Gasteiger partial charge in [-0.05, 0) is 68.1 Å². The Morgan fingerprint density at radius 1 is 1.00 bits per heavy atom. The molecule has 0 aliphatic carbocycles. The van der Waals surface area contributed by atoms with E-state index >= 15 is 0 Å². The minimum atomic E-state index is -3.31. The molecule has 0 spiro atoms. The number of ether oxygens (including phenoxy) is 2. The molecular weight excluding hydrogens is 458 g/mol. The van der Waals surface area contributed by atoms with Crippen molar-refractivity contribution in [1.29, 1.82) is 0 Å².